The summed E-state index contributed by atoms with van der Waals surface area (Å²) >= 11 is 1.42. The van der Waals surface area contributed by atoms with Crippen molar-refractivity contribution in [3.05, 3.63) is 16.6 Å². The molecule has 0 atom stereocenters. The minimum absolute atomic E-state index is 0.131. The molecule has 1 aliphatic heterocycles. The fourth-order valence-electron chi connectivity index (χ4n) is 2.33. The Bertz CT molecular complexity index is 372. The summed E-state index contributed by atoms with van der Waals surface area (Å²) in [6, 6.07) is 0.245. The van der Waals surface area contributed by atoms with Crippen LogP contribution >= 0.6 is 11.3 Å². The molecule has 1 amide bonds. The van der Waals surface area contributed by atoms with Gasteiger partial charge in [0.1, 0.15) is 4.88 Å². The Morgan fingerprint density at radius 3 is 2.83 bits per heavy atom. The van der Waals surface area contributed by atoms with Crippen molar-refractivity contribution in [1.29, 1.82) is 0 Å². The largest absolute Gasteiger partial charge is 0.335 e. The van der Waals surface area contributed by atoms with Gasteiger partial charge in [-0.25, -0.2) is 0 Å². The molecule has 0 bridgehead atoms. The van der Waals surface area contributed by atoms with E-state index in [1.165, 1.54) is 24.2 Å². The number of hydrogen-bond donors (Lipinski definition) is 1. The molecule has 0 aromatic carbocycles. The fraction of sp³-hybridized carbons (Fsp3) is 0.692. The zero-order chi connectivity index (χ0) is 13.0. The summed E-state index contributed by atoms with van der Waals surface area (Å²) in [7, 11) is 0. The number of amides is 1. The highest BCUT2D eigenvalue weighted by atomic mass is 32.1. The predicted octanol–water partition coefficient (Wildman–Crippen LogP) is 1.99. The molecule has 4 nitrogen and oxygen atoms in total. The molecule has 1 aromatic heterocycles. The molecule has 18 heavy (non-hydrogen) atoms. The van der Waals surface area contributed by atoms with Crippen molar-refractivity contribution in [1.82, 2.24) is 15.2 Å². The van der Waals surface area contributed by atoms with Gasteiger partial charge in [-0.05, 0) is 45.7 Å². The Kier molecular flexibility index (Phi) is 4.72. The van der Waals surface area contributed by atoms with Crippen LogP contribution in [0.25, 0.3) is 0 Å². The third-order valence-electron chi connectivity index (χ3n) is 3.44. The zero-order valence-electron chi connectivity index (χ0n) is 11.1. The van der Waals surface area contributed by atoms with E-state index in [-0.39, 0.29) is 11.9 Å². The van der Waals surface area contributed by atoms with Gasteiger partial charge in [-0.15, -0.1) is 11.3 Å². The average molecular weight is 267 g/mol. The summed E-state index contributed by atoms with van der Waals surface area (Å²) in [5.41, 5.74) is 1.72. The third-order valence-corrected chi connectivity index (χ3v) is 4.20. The Hall–Kier alpha value is -0.940. The molecule has 1 saturated heterocycles. The maximum atomic E-state index is 12.4. The number of nitrogens with zero attached hydrogens (tertiary/aromatic N) is 2. The summed E-state index contributed by atoms with van der Waals surface area (Å²) in [5, 5.41) is 3.36. The molecule has 0 aliphatic carbocycles. The molecular weight excluding hydrogens is 246 g/mol. The van der Waals surface area contributed by atoms with Gasteiger partial charge in [-0.2, -0.15) is 0 Å². The van der Waals surface area contributed by atoms with E-state index < -0.39 is 0 Å². The smallest absolute Gasteiger partial charge is 0.265 e. The molecule has 2 rings (SSSR count). The lowest BCUT2D eigenvalue weighted by Crippen LogP contribution is -2.42. The molecule has 1 aliphatic rings. The molecule has 0 spiro atoms. The number of rotatable bonds is 4. The summed E-state index contributed by atoms with van der Waals surface area (Å²) in [6.07, 6.45) is 4.00. The Balaban J connectivity index is 2.01. The van der Waals surface area contributed by atoms with E-state index in [1.807, 2.05) is 4.90 Å². The number of nitrogens with one attached hydrogen (secondary N) is 1. The van der Waals surface area contributed by atoms with Crippen molar-refractivity contribution in [3.8, 4) is 0 Å². The first-order chi connectivity index (χ1) is 8.68. The zero-order valence-corrected chi connectivity index (χ0v) is 11.9. The quantitative estimate of drug-likeness (QED) is 0.907. The van der Waals surface area contributed by atoms with Crippen LogP contribution in [0.1, 0.15) is 36.4 Å². The highest BCUT2D eigenvalue weighted by Crippen LogP contribution is 2.18. The molecule has 0 unspecified atom stereocenters. The van der Waals surface area contributed by atoms with Gasteiger partial charge in [0.25, 0.3) is 5.91 Å². The van der Waals surface area contributed by atoms with Crippen LogP contribution in [0.4, 0.5) is 0 Å². The Morgan fingerprint density at radius 2 is 2.28 bits per heavy atom. The Labute approximate surface area is 112 Å². The fourth-order valence-corrected chi connectivity index (χ4v) is 2.91. The second-order valence-corrected chi connectivity index (χ2v) is 6.00. The summed E-state index contributed by atoms with van der Waals surface area (Å²) < 4.78 is 0. The maximum absolute atomic E-state index is 12.4. The summed E-state index contributed by atoms with van der Waals surface area (Å²) in [4.78, 5) is 19.1. The standard InChI is InChI=1S/C13H21N3OS/c1-10(2)16(8-11-3-5-14-6-4-11)13(17)12-7-15-9-18-12/h7,9-11,14H,3-6,8H2,1-2H3. The van der Waals surface area contributed by atoms with Gasteiger partial charge < -0.3 is 10.2 Å². The highest BCUT2D eigenvalue weighted by Gasteiger charge is 2.24. The van der Waals surface area contributed by atoms with E-state index in [2.05, 4.69) is 24.1 Å². The second kappa shape index (κ2) is 6.29. The first-order valence-corrected chi connectivity index (χ1v) is 7.46. The van der Waals surface area contributed by atoms with Crippen LogP contribution in [0.2, 0.25) is 0 Å². The van der Waals surface area contributed by atoms with Crippen molar-refractivity contribution in [3.63, 3.8) is 0 Å². The van der Waals surface area contributed by atoms with Gasteiger partial charge in [-0.3, -0.25) is 9.78 Å². The van der Waals surface area contributed by atoms with Crippen LogP contribution in [0.5, 0.6) is 0 Å². The van der Waals surface area contributed by atoms with Crippen molar-refractivity contribution < 1.29 is 4.79 Å². The normalized spacial score (nSPS) is 17.1. The van der Waals surface area contributed by atoms with Gasteiger partial charge >= 0.3 is 0 Å². The first-order valence-electron chi connectivity index (χ1n) is 6.58. The van der Waals surface area contributed by atoms with Crippen molar-refractivity contribution in [2.45, 2.75) is 32.7 Å². The van der Waals surface area contributed by atoms with Crippen LogP contribution in [-0.4, -0.2) is 41.5 Å². The first kappa shape index (κ1) is 13.5. The molecule has 0 radical (unpaired) electrons. The number of aromatic nitrogens is 1. The molecule has 0 saturated carbocycles. The minimum atomic E-state index is 0.131. The third kappa shape index (κ3) is 3.29. The lowest BCUT2D eigenvalue weighted by atomic mass is 9.97. The molecular formula is C13H21N3OS. The number of piperidine rings is 1. The summed E-state index contributed by atoms with van der Waals surface area (Å²) in [6.45, 7) is 7.19. The molecule has 5 heteroatoms. The molecule has 100 valence electrons. The van der Waals surface area contributed by atoms with Crippen LogP contribution in [0.15, 0.2) is 11.7 Å². The van der Waals surface area contributed by atoms with Crippen LogP contribution < -0.4 is 5.32 Å². The van der Waals surface area contributed by atoms with E-state index in [4.69, 9.17) is 0 Å². The van der Waals surface area contributed by atoms with Crippen LogP contribution in [-0.2, 0) is 0 Å². The van der Waals surface area contributed by atoms with E-state index >= 15 is 0 Å². The van der Waals surface area contributed by atoms with Gasteiger partial charge in [0, 0.05) is 12.6 Å². The molecule has 2 heterocycles. The highest BCUT2D eigenvalue weighted by molar-refractivity contribution is 7.11. The molecule has 1 fully saturated rings. The number of carbonyl (C=O) groups excluding carboxylic acids is 1. The average Bonchev–Trinajstić information content (AvgIpc) is 2.90. The SMILES string of the molecule is CC(C)N(CC1CCNCC1)C(=O)c1cncs1. The van der Waals surface area contributed by atoms with Gasteiger partial charge in [0.2, 0.25) is 0 Å². The monoisotopic (exact) mass is 267 g/mol. The van der Waals surface area contributed by atoms with Crippen molar-refractivity contribution in [2.24, 2.45) is 5.92 Å². The van der Waals surface area contributed by atoms with Gasteiger partial charge in [0.05, 0.1) is 11.7 Å². The Morgan fingerprint density at radius 1 is 1.56 bits per heavy atom. The number of carbonyl (C=O) groups is 1. The number of thiazole rings is 1. The van der Waals surface area contributed by atoms with E-state index in [0.717, 1.165) is 24.5 Å². The molecule has 1 aromatic rings. The van der Waals surface area contributed by atoms with Crippen molar-refractivity contribution in [2.75, 3.05) is 19.6 Å². The van der Waals surface area contributed by atoms with Crippen LogP contribution in [0.3, 0.4) is 0 Å². The van der Waals surface area contributed by atoms with E-state index in [9.17, 15) is 4.79 Å². The lowest BCUT2D eigenvalue weighted by Gasteiger charge is -2.32. The molecule has 1 N–H and O–H groups in total. The minimum Gasteiger partial charge on any atom is -0.335 e. The maximum Gasteiger partial charge on any atom is 0.265 e. The lowest BCUT2D eigenvalue weighted by molar-refractivity contribution is 0.0663. The number of hydrogen-bond acceptors (Lipinski definition) is 4. The predicted molar refractivity (Wildman–Crippen MR) is 73.9 cm³/mol. The van der Waals surface area contributed by atoms with E-state index in [1.54, 1.807) is 11.7 Å². The van der Waals surface area contributed by atoms with Crippen molar-refractivity contribution >= 4 is 17.2 Å². The van der Waals surface area contributed by atoms with Gasteiger partial charge in [-0.1, -0.05) is 0 Å². The van der Waals surface area contributed by atoms with Crippen LogP contribution in [0, 0.1) is 5.92 Å². The second-order valence-electron chi connectivity index (χ2n) is 5.11. The van der Waals surface area contributed by atoms with Gasteiger partial charge in [0.15, 0.2) is 0 Å². The topological polar surface area (TPSA) is 45.2 Å². The summed E-state index contributed by atoms with van der Waals surface area (Å²) in [5.74, 6) is 0.761. The van der Waals surface area contributed by atoms with E-state index in [0.29, 0.717) is 5.92 Å².